The predicted octanol–water partition coefficient (Wildman–Crippen LogP) is 0.420. The minimum Gasteiger partial charge on any atom is -0.455 e. The molecule has 0 aromatic carbocycles. The summed E-state index contributed by atoms with van der Waals surface area (Å²) >= 11 is 0. The van der Waals surface area contributed by atoms with Gasteiger partial charge in [0, 0.05) is 12.1 Å². The zero-order chi connectivity index (χ0) is 13.0. The van der Waals surface area contributed by atoms with E-state index in [2.05, 4.69) is 9.97 Å². The summed E-state index contributed by atoms with van der Waals surface area (Å²) in [5.74, 6) is -0.655. The maximum Gasteiger partial charge on any atom is 0.355 e. The number of carbonyl (C=O) groups is 1. The number of H-pyrrole nitrogens is 2. The Morgan fingerprint density at radius 1 is 1.00 bits per heavy atom. The first-order valence-electron chi connectivity index (χ1n) is 5.20. The lowest BCUT2D eigenvalue weighted by atomic mass is 10.3. The third-order valence-corrected chi connectivity index (χ3v) is 2.18. The largest absolute Gasteiger partial charge is 0.455 e. The number of rotatable bonds is 3. The van der Waals surface area contributed by atoms with Crippen LogP contribution in [0.4, 0.5) is 0 Å². The minimum atomic E-state index is -0.655. The van der Waals surface area contributed by atoms with Gasteiger partial charge in [0.25, 0.3) is 0 Å². The monoisotopic (exact) mass is 246 g/mol. The quantitative estimate of drug-likeness (QED) is 0.768. The smallest absolute Gasteiger partial charge is 0.355 e. The lowest BCUT2D eigenvalue weighted by Gasteiger charge is -2.04. The van der Waals surface area contributed by atoms with Gasteiger partial charge >= 0.3 is 5.97 Å². The van der Waals surface area contributed by atoms with Crippen molar-refractivity contribution < 1.29 is 9.53 Å². The number of hydrogen-bond acceptors (Lipinski definition) is 4. The lowest BCUT2D eigenvalue weighted by molar-refractivity contribution is 0.0460. The SMILES string of the molecule is O=C(OCc1cccc(=O)[nH]1)c1cccc(=O)[nH]1. The van der Waals surface area contributed by atoms with E-state index in [1.54, 1.807) is 12.1 Å². The molecule has 0 radical (unpaired) electrons. The van der Waals surface area contributed by atoms with E-state index >= 15 is 0 Å². The molecule has 2 rings (SSSR count). The molecule has 6 heteroatoms. The summed E-state index contributed by atoms with van der Waals surface area (Å²) in [6, 6.07) is 8.75. The average molecular weight is 246 g/mol. The molecule has 92 valence electrons. The Morgan fingerprint density at radius 3 is 2.33 bits per heavy atom. The van der Waals surface area contributed by atoms with Crippen LogP contribution in [0.3, 0.4) is 0 Å². The molecule has 2 N–H and O–H groups in total. The highest BCUT2D eigenvalue weighted by atomic mass is 16.5. The molecular formula is C12H10N2O4. The van der Waals surface area contributed by atoms with Gasteiger partial charge in [-0.15, -0.1) is 0 Å². The van der Waals surface area contributed by atoms with Crippen LogP contribution in [0.5, 0.6) is 0 Å². The molecule has 0 bridgehead atoms. The van der Waals surface area contributed by atoms with Crippen molar-refractivity contribution in [3.63, 3.8) is 0 Å². The Labute approximate surface area is 101 Å². The fourth-order valence-electron chi connectivity index (χ4n) is 1.37. The van der Waals surface area contributed by atoms with Crippen molar-refractivity contribution in [3.05, 3.63) is 68.5 Å². The van der Waals surface area contributed by atoms with Gasteiger partial charge in [0.2, 0.25) is 11.1 Å². The van der Waals surface area contributed by atoms with Crippen molar-refractivity contribution in [3.8, 4) is 0 Å². The zero-order valence-corrected chi connectivity index (χ0v) is 9.30. The fourth-order valence-corrected chi connectivity index (χ4v) is 1.37. The van der Waals surface area contributed by atoms with Crippen LogP contribution in [0.2, 0.25) is 0 Å². The van der Waals surface area contributed by atoms with Crippen molar-refractivity contribution >= 4 is 5.97 Å². The Hall–Kier alpha value is -2.63. The first-order valence-corrected chi connectivity index (χ1v) is 5.20. The number of nitrogens with one attached hydrogen (secondary N) is 2. The van der Waals surface area contributed by atoms with E-state index in [0.29, 0.717) is 5.69 Å². The van der Waals surface area contributed by atoms with E-state index in [1.807, 2.05) is 0 Å². The molecule has 2 heterocycles. The molecule has 18 heavy (non-hydrogen) atoms. The maximum atomic E-state index is 11.6. The molecule has 0 amide bonds. The van der Waals surface area contributed by atoms with Crippen LogP contribution in [0.15, 0.2) is 46.0 Å². The fraction of sp³-hybridized carbons (Fsp3) is 0.0833. The molecule has 0 aliphatic carbocycles. The Bertz CT molecular complexity index is 672. The van der Waals surface area contributed by atoms with Crippen LogP contribution in [0.1, 0.15) is 16.2 Å². The standard InChI is InChI=1S/C12H10N2O4/c15-10-5-1-3-8(13-10)7-18-12(17)9-4-2-6-11(16)14-9/h1-6H,7H2,(H,13,15)(H,14,16). The Kier molecular flexibility index (Phi) is 3.38. The van der Waals surface area contributed by atoms with Gasteiger partial charge in [-0.25, -0.2) is 4.79 Å². The molecule has 0 saturated carbocycles. The Morgan fingerprint density at radius 2 is 1.67 bits per heavy atom. The number of carbonyl (C=O) groups excluding carboxylic acids is 1. The number of aromatic nitrogens is 2. The van der Waals surface area contributed by atoms with Gasteiger partial charge in [-0.05, 0) is 12.1 Å². The molecule has 0 fully saturated rings. The number of hydrogen-bond donors (Lipinski definition) is 2. The number of pyridine rings is 2. The van der Waals surface area contributed by atoms with Crippen LogP contribution < -0.4 is 11.1 Å². The first-order chi connectivity index (χ1) is 8.65. The molecule has 0 saturated heterocycles. The lowest BCUT2D eigenvalue weighted by Crippen LogP contribution is -2.15. The second-order valence-electron chi connectivity index (χ2n) is 3.55. The molecule has 0 atom stereocenters. The topological polar surface area (TPSA) is 92.0 Å². The van der Waals surface area contributed by atoms with Crippen LogP contribution in [0.25, 0.3) is 0 Å². The Balaban J connectivity index is 2.05. The molecule has 6 nitrogen and oxygen atoms in total. The van der Waals surface area contributed by atoms with Gasteiger partial charge in [-0.2, -0.15) is 0 Å². The average Bonchev–Trinajstić information content (AvgIpc) is 2.36. The van der Waals surface area contributed by atoms with E-state index in [0.717, 1.165) is 0 Å². The number of esters is 1. The number of aromatic amines is 2. The summed E-state index contributed by atoms with van der Waals surface area (Å²) in [6.45, 7) is -0.0637. The molecule has 0 unspecified atom stereocenters. The summed E-state index contributed by atoms with van der Waals surface area (Å²) in [6.07, 6.45) is 0. The third kappa shape index (κ3) is 2.94. The number of ether oxygens (including phenoxy) is 1. The van der Waals surface area contributed by atoms with Crippen LogP contribution >= 0.6 is 0 Å². The minimum absolute atomic E-state index is 0.0637. The van der Waals surface area contributed by atoms with Crippen molar-refractivity contribution in [2.24, 2.45) is 0 Å². The van der Waals surface area contributed by atoms with Gasteiger partial charge in [0.05, 0.1) is 5.69 Å². The van der Waals surface area contributed by atoms with Crippen molar-refractivity contribution in [1.82, 2.24) is 9.97 Å². The summed E-state index contributed by atoms with van der Waals surface area (Å²) in [4.78, 5) is 38.5. The van der Waals surface area contributed by atoms with Gasteiger partial charge in [0.1, 0.15) is 12.3 Å². The van der Waals surface area contributed by atoms with Crippen LogP contribution in [-0.4, -0.2) is 15.9 Å². The van der Waals surface area contributed by atoms with E-state index in [4.69, 9.17) is 4.74 Å². The highest BCUT2D eigenvalue weighted by Gasteiger charge is 2.07. The molecule has 0 aliphatic heterocycles. The van der Waals surface area contributed by atoms with Crippen molar-refractivity contribution in [1.29, 1.82) is 0 Å². The molecule has 2 aromatic rings. The third-order valence-electron chi connectivity index (χ3n) is 2.18. The predicted molar refractivity (Wildman–Crippen MR) is 63.2 cm³/mol. The summed E-state index contributed by atoms with van der Waals surface area (Å²) in [7, 11) is 0. The second kappa shape index (κ2) is 5.13. The van der Waals surface area contributed by atoms with Gasteiger partial charge in [-0.3, -0.25) is 9.59 Å². The molecular weight excluding hydrogens is 236 g/mol. The van der Waals surface area contributed by atoms with Gasteiger partial charge in [0.15, 0.2) is 0 Å². The van der Waals surface area contributed by atoms with Crippen LogP contribution in [0, 0.1) is 0 Å². The zero-order valence-electron chi connectivity index (χ0n) is 9.30. The molecule has 2 aromatic heterocycles. The summed E-state index contributed by atoms with van der Waals surface area (Å²) < 4.78 is 4.94. The van der Waals surface area contributed by atoms with Gasteiger partial charge in [-0.1, -0.05) is 12.1 Å². The van der Waals surface area contributed by atoms with E-state index in [-0.39, 0.29) is 23.4 Å². The highest BCUT2D eigenvalue weighted by Crippen LogP contribution is 1.99. The molecule has 0 spiro atoms. The van der Waals surface area contributed by atoms with Crippen molar-refractivity contribution in [2.45, 2.75) is 6.61 Å². The maximum absolute atomic E-state index is 11.6. The summed E-state index contributed by atoms with van der Waals surface area (Å²) in [5.41, 5.74) is -0.0934. The summed E-state index contributed by atoms with van der Waals surface area (Å²) in [5, 5.41) is 0. The molecule has 0 aliphatic rings. The first kappa shape index (κ1) is 11.8. The highest BCUT2D eigenvalue weighted by molar-refractivity contribution is 5.86. The van der Waals surface area contributed by atoms with E-state index in [9.17, 15) is 14.4 Å². The van der Waals surface area contributed by atoms with E-state index < -0.39 is 5.97 Å². The van der Waals surface area contributed by atoms with Crippen molar-refractivity contribution in [2.75, 3.05) is 0 Å². The van der Waals surface area contributed by atoms with E-state index in [1.165, 1.54) is 24.3 Å². The van der Waals surface area contributed by atoms with Crippen LogP contribution in [-0.2, 0) is 11.3 Å². The van der Waals surface area contributed by atoms with Gasteiger partial charge < -0.3 is 14.7 Å². The second-order valence-corrected chi connectivity index (χ2v) is 3.55. The normalized spacial score (nSPS) is 10.0.